The molecule has 1 N–H and O–H groups in total. The summed E-state index contributed by atoms with van der Waals surface area (Å²) in [6, 6.07) is 7.59. The van der Waals surface area contributed by atoms with E-state index in [4.69, 9.17) is 44.3 Å². The maximum Gasteiger partial charge on any atom is 0.241 e. The Morgan fingerprint density at radius 2 is 1.84 bits per heavy atom. The summed E-state index contributed by atoms with van der Waals surface area (Å²) in [5, 5.41) is 3.26. The average molecular weight is 522 g/mol. The summed E-state index contributed by atoms with van der Waals surface area (Å²) in [5.74, 6) is 0.723. The number of hydrogen-bond acceptors (Lipinski definition) is 5. The molecule has 0 spiro atoms. The number of amides is 1. The molecule has 1 aliphatic rings. The summed E-state index contributed by atoms with van der Waals surface area (Å²) in [6.45, 7) is 3.34. The highest BCUT2D eigenvalue weighted by molar-refractivity contribution is 7.92. The fraction of sp³-hybridized carbons (Fsp3) is 0.381. The van der Waals surface area contributed by atoms with Gasteiger partial charge in [-0.25, -0.2) is 8.42 Å². The maximum atomic E-state index is 13.0. The Kier molecular flexibility index (Phi) is 7.10. The fourth-order valence-electron chi connectivity index (χ4n) is 3.54. The molecule has 7 nitrogen and oxygen atoms in total. The number of benzene rings is 2. The molecule has 174 valence electrons. The summed E-state index contributed by atoms with van der Waals surface area (Å²) in [4.78, 5) is 13.0. The van der Waals surface area contributed by atoms with Crippen LogP contribution >= 0.6 is 34.8 Å². The van der Waals surface area contributed by atoms with Gasteiger partial charge in [-0.3, -0.25) is 9.10 Å². The Morgan fingerprint density at radius 3 is 2.47 bits per heavy atom. The first-order chi connectivity index (χ1) is 14.8. The molecule has 0 saturated carbocycles. The third-order valence-electron chi connectivity index (χ3n) is 4.96. The second kappa shape index (κ2) is 9.17. The van der Waals surface area contributed by atoms with E-state index in [1.165, 1.54) is 12.1 Å². The number of carbonyl (C=O) groups is 1. The SMILES string of the molecule is COc1ccc2c(c1)C(NC(=O)CN(c1cc(Cl)c(Cl)cc1Cl)S(C)(=O)=O)CC(C)(C)O2. The zero-order valence-corrected chi connectivity index (χ0v) is 21.0. The minimum Gasteiger partial charge on any atom is -0.497 e. The van der Waals surface area contributed by atoms with Gasteiger partial charge in [0.25, 0.3) is 0 Å². The molecule has 0 radical (unpaired) electrons. The van der Waals surface area contributed by atoms with E-state index in [-0.39, 0.29) is 20.8 Å². The van der Waals surface area contributed by atoms with Crippen LogP contribution in [0.2, 0.25) is 15.1 Å². The zero-order valence-electron chi connectivity index (χ0n) is 17.9. The van der Waals surface area contributed by atoms with Gasteiger partial charge in [-0.15, -0.1) is 0 Å². The molecule has 1 unspecified atom stereocenters. The molecule has 1 aliphatic heterocycles. The highest BCUT2D eigenvalue weighted by Crippen LogP contribution is 2.41. The lowest BCUT2D eigenvalue weighted by molar-refractivity contribution is -0.120. The molecule has 0 bridgehead atoms. The van der Waals surface area contributed by atoms with Crippen molar-refractivity contribution in [2.24, 2.45) is 0 Å². The van der Waals surface area contributed by atoms with E-state index in [1.54, 1.807) is 25.3 Å². The second-order valence-electron chi connectivity index (χ2n) is 8.08. The second-order valence-corrected chi connectivity index (χ2v) is 11.2. The van der Waals surface area contributed by atoms with Crippen molar-refractivity contribution in [3.05, 3.63) is 51.0 Å². The number of nitrogens with one attached hydrogen (secondary N) is 1. The largest absolute Gasteiger partial charge is 0.497 e. The van der Waals surface area contributed by atoms with Crippen molar-refractivity contribution in [2.45, 2.75) is 31.9 Å². The minimum absolute atomic E-state index is 0.0555. The third kappa shape index (κ3) is 5.54. The van der Waals surface area contributed by atoms with Crippen LogP contribution in [0.1, 0.15) is 31.9 Å². The molecule has 2 aromatic carbocycles. The normalized spacial score (nSPS) is 17.2. The van der Waals surface area contributed by atoms with Crippen molar-refractivity contribution < 1.29 is 22.7 Å². The average Bonchev–Trinajstić information content (AvgIpc) is 2.67. The van der Waals surface area contributed by atoms with Crippen LogP contribution < -0.4 is 19.1 Å². The monoisotopic (exact) mass is 520 g/mol. The van der Waals surface area contributed by atoms with E-state index < -0.39 is 34.1 Å². The zero-order chi connectivity index (χ0) is 23.8. The van der Waals surface area contributed by atoms with Gasteiger partial charge in [0.05, 0.1) is 40.2 Å². The van der Waals surface area contributed by atoms with E-state index in [0.29, 0.717) is 17.9 Å². The molecule has 1 atom stereocenters. The van der Waals surface area contributed by atoms with Crippen molar-refractivity contribution in [3.8, 4) is 11.5 Å². The number of methoxy groups -OCH3 is 1. The van der Waals surface area contributed by atoms with Gasteiger partial charge in [-0.05, 0) is 44.2 Å². The number of fused-ring (bicyclic) bond motifs is 1. The lowest BCUT2D eigenvalue weighted by Gasteiger charge is -2.38. The molecule has 0 aliphatic carbocycles. The number of anilines is 1. The predicted octanol–water partition coefficient (Wildman–Crippen LogP) is 4.84. The quantitative estimate of drug-likeness (QED) is 0.550. The lowest BCUT2D eigenvalue weighted by atomic mass is 9.89. The Labute approximate surface area is 202 Å². The fourth-order valence-corrected chi connectivity index (χ4v) is 5.10. The van der Waals surface area contributed by atoms with E-state index in [2.05, 4.69) is 5.32 Å². The van der Waals surface area contributed by atoms with E-state index in [9.17, 15) is 13.2 Å². The maximum absolute atomic E-state index is 13.0. The first-order valence-corrected chi connectivity index (χ1v) is 12.6. The molecule has 2 aromatic rings. The Balaban J connectivity index is 1.90. The summed E-state index contributed by atoms with van der Waals surface area (Å²) < 4.78 is 37.1. The van der Waals surface area contributed by atoms with E-state index >= 15 is 0 Å². The van der Waals surface area contributed by atoms with Gasteiger partial charge in [0.15, 0.2) is 0 Å². The first-order valence-electron chi connectivity index (χ1n) is 9.59. The molecule has 0 saturated heterocycles. The van der Waals surface area contributed by atoms with Gasteiger partial charge in [0.2, 0.25) is 15.9 Å². The molecule has 0 fully saturated rings. The van der Waals surface area contributed by atoms with Crippen LogP contribution in [0.3, 0.4) is 0 Å². The van der Waals surface area contributed by atoms with Crippen LogP contribution in [0.4, 0.5) is 5.69 Å². The van der Waals surface area contributed by atoms with Gasteiger partial charge in [0.1, 0.15) is 23.6 Å². The Hall–Kier alpha value is -1.87. The Bertz CT molecular complexity index is 1150. The number of hydrogen-bond donors (Lipinski definition) is 1. The summed E-state index contributed by atoms with van der Waals surface area (Å²) in [7, 11) is -2.31. The molecule has 32 heavy (non-hydrogen) atoms. The molecule has 3 rings (SSSR count). The molecule has 11 heteroatoms. The van der Waals surface area contributed by atoms with Crippen molar-refractivity contribution in [2.75, 3.05) is 24.2 Å². The van der Waals surface area contributed by atoms with Crippen molar-refractivity contribution in [3.63, 3.8) is 0 Å². The molecular formula is C21H23Cl3N2O5S. The van der Waals surface area contributed by atoms with E-state index in [1.807, 2.05) is 13.8 Å². The summed E-state index contributed by atoms with van der Waals surface area (Å²) in [5.41, 5.74) is 0.270. The standard InChI is InChI=1S/C21H23Cl3N2O5S/c1-21(2)10-17(13-7-12(30-3)5-6-19(13)31-21)25-20(27)11-26(32(4,28)29)18-9-15(23)14(22)8-16(18)24/h5-9,17H,10-11H2,1-4H3,(H,25,27). The van der Waals surface area contributed by atoms with Crippen LogP contribution in [-0.4, -0.2) is 39.8 Å². The predicted molar refractivity (Wildman–Crippen MR) is 127 cm³/mol. The highest BCUT2D eigenvalue weighted by Gasteiger charge is 2.35. The van der Waals surface area contributed by atoms with Crippen LogP contribution in [0, 0.1) is 0 Å². The number of halogens is 3. The van der Waals surface area contributed by atoms with Gasteiger partial charge in [-0.1, -0.05) is 34.8 Å². The van der Waals surface area contributed by atoms with Gasteiger partial charge >= 0.3 is 0 Å². The van der Waals surface area contributed by atoms with Crippen LogP contribution in [0.25, 0.3) is 0 Å². The van der Waals surface area contributed by atoms with Crippen molar-refractivity contribution >= 4 is 56.4 Å². The lowest BCUT2D eigenvalue weighted by Crippen LogP contribution is -2.45. The summed E-state index contributed by atoms with van der Waals surface area (Å²) in [6.07, 6.45) is 1.46. The smallest absolute Gasteiger partial charge is 0.241 e. The van der Waals surface area contributed by atoms with E-state index in [0.717, 1.165) is 16.1 Å². The van der Waals surface area contributed by atoms with Crippen molar-refractivity contribution in [1.82, 2.24) is 5.32 Å². The Morgan fingerprint density at radius 1 is 1.19 bits per heavy atom. The molecule has 0 aromatic heterocycles. The van der Waals surface area contributed by atoms with Gasteiger partial charge in [0, 0.05) is 12.0 Å². The van der Waals surface area contributed by atoms with Gasteiger partial charge < -0.3 is 14.8 Å². The van der Waals surface area contributed by atoms with Crippen LogP contribution in [0.15, 0.2) is 30.3 Å². The molecule has 1 amide bonds. The summed E-state index contributed by atoms with van der Waals surface area (Å²) >= 11 is 18.2. The third-order valence-corrected chi connectivity index (χ3v) is 7.11. The number of rotatable bonds is 6. The number of ether oxygens (including phenoxy) is 2. The van der Waals surface area contributed by atoms with Crippen molar-refractivity contribution in [1.29, 1.82) is 0 Å². The highest BCUT2D eigenvalue weighted by atomic mass is 35.5. The number of sulfonamides is 1. The number of carbonyl (C=O) groups excluding carboxylic acids is 1. The topological polar surface area (TPSA) is 84.9 Å². The molecular weight excluding hydrogens is 499 g/mol. The molecule has 1 heterocycles. The first kappa shape index (κ1) is 24.8. The van der Waals surface area contributed by atoms with Gasteiger partial charge in [-0.2, -0.15) is 0 Å². The minimum atomic E-state index is -3.86. The van der Waals surface area contributed by atoms with Crippen LogP contribution in [0.5, 0.6) is 11.5 Å². The van der Waals surface area contributed by atoms with Crippen LogP contribution in [-0.2, 0) is 14.8 Å². The number of nitrogens with zero attached hydrogens (tertiary/aromatic N) is 1.